The number of esters is 1. The summed E-state index contributed by atoms with van der Waals surface area (Å²) in [4.78, 5) is 48.0. The van der Waals surface area contributed by atoms with Crippen molar-refractivity contribution in [3.05, 3.63) is 38.9 Å². The van der Waals surface area contributed by atoms with E-state index >= 15 is 0 Å². The van der Waals surface area contributed by atoms with Crippen molar-refractivity contribution in [2.75, 3.05) is 0 Å². The normalized spacial score (nSPS) is 16.5. The predicted molar refractivity (Wildman–Crippen MR) is 119 cm³/mol. The molecule has 2 atom stereocenters. The Morgan fingerprint density at radius 1 is 1.12 bits per heavy atom. The molecular formula is C22H30ClN3O6. The average Bonchev–Trinajstić information content (AvgIpc) is 2.99. The van der Waals surface area contributed by atoms with E-state index in [-0.39, 0.29) is 34.1 Å². The van der Waals surface area contributed by atoms with Crippen molar-refractivity contribution < 1.29 is 24.0 Å². The molecule has 0 aliphatic heterocycles. The first-order valence-corrected chi connectivity index (χ1v) is 11.2. The summed E-state index contributed by atoms with van der Waals surface area (Å²) < 4.78 is 5.34. The van der Waals surface area contributed by atoms with Gasteiger partial charge < -0.3 is 15.4 Å². The largest absolute Gasteiger partial charge is 0.451 e. The molecule has 9 nitrogen and oxygen atoms in total. The van der Waals surface area contributed by atoms with Crippen LogP contribution in [0.1, 0.15) is 69.7 Å². The maximum absolute atomic E-state index is 12.7. The van der Waals surface area contributed by atoms with E-state index in [1.165, 1.54) is 13.0 Å². The average molecular weight is 468 g/mol. The van der Waals surface area contributed by atoms with Crippen LogP contribution in [0.2, 0.25) is 5.02 Å². The number of rotatable bonds is 8. The van der Waals surface area contributed by atoms with Gasteiger partial charge in [-0.2, -0.15) is 0 Å². The van der Waals surface area contributed by atoms with E-state index in [9.17, 15) is 24.5 Å². The highest BCUT2D eigenvalue weighted by Gasteiger charge is 2.30. The highest BCUT2D eigenvalue weighted by Crippen LogP contribution is 2.23. The monoisotopic (exact) mass is 467 g/mol. The molecule has 0 spiro atoms. The van der Waals surface area contributed by atoms with Crippen LogP contribution in [-0.2, 0) is 14.3 Å². The van der Waals surface area contributed by atoms with Gasteiger partial charge in [-0.3, -0.25) is 19.7 Å². The third kappa shape index (κ3) is 7.19. The zero-order valence-corrected chi connectivity index (χ0v) is 19.3. The van der Waals surface area contributed by atoms with Crippen LogP contribution >= 0.6 is 11.6 Å². The van der Waals surface area contributed by atoms with Crippen molar-refractivity contribution in [2.45, 2.75) is 77.5 Å². The Bertz CT molecular complexity index is 852. The summed E-state index contributed by atoms with van der Waals surface area (Å²) in [7, 11) is 0. The fraction of sp³-hybridized carbons (Fsp3) is 0.591. The summed E-state index contributed by atoms with van der Waals surface area (Å²) in [6, 6.07) is 2.50. The minimum Gasteiger partial charge on any atom is -0.451 e. The number of nitro groups is 1. The first-order valence-electron chi connectivity index (χ1n) is 10.9. The number of benzene rings is 1. The van der Waals surface area contributed by atoms with Crippen LogP contribution in [0.25, 0.3) is 0 Å². The lowest BCUT2D eigenvalue weighted by Gasteiger charge is -2.24. The molecule has 1 aromatic carbocycles. The van der Waals surface area contributed by atoms with Crippen LogP contribution in [0, 0.1) is 16.0 Å². The Labute approximate surface area is 192 Å². The number of non-ortho nitro benzene ring substituents is 1. The van der Waals surface area contributed by atoms with Crippen molar-refractivity contribution in [1.29, 1.82) is 0 Å². The Kier molecular flexibility index (Phi) is 9.43. The highest BCUT2D eigenvalue weighted by atomic mass is 35.5. The SMILES string of the molecule is CC(C)[C@@H](NC(=O)c1ccc([N+](=O)[O-])cc1Cl)C(=O)O[C@@H](C)C(=O)NC1CCCCCC1. The van der Waals surface area contributed by atoms with Crippen molar-refractivity contribution >= 4 is 35.1 Å². The first kappa shape index (κ1) is 25.6. The highest BCUT2D eigenvalue weighted by molar-refractivity contribution is 6.34. The molecule has 0 heterocycles. The summed E-state index contributed by atoms with van der Waals surface area (Å²) in [5.74, 6) is -2.11. The van der Waals surface area contributed by atoms with Crippen LogP contribution in [0.15, 0.2) is 18.2 Å². The van der Waals surface area contributed by atoms with Gasteiger partial charge in [-0.05, 0) is 31.7 Å². The second-order valence-electron chi connectivity index (χ2n) is 8.39. The van der Waals surface area contributed by atoms with Gasteiger partial charge in [0.2, 0.25) is 0 Å². The number of nitrogens with one attached hydrogen (secondary N) is 2. The quantitative estimate of drug-likeness (QED) is 0.259. The molecule has 1 aliphatic carbocycles. The second-order valence-corrected chi connectivity index (χ2v) is 8.80. The van der Waals surface area contributed by atoms with Gasteiger partial charge in [-0.15, -0.1) is 0 Å². The van der Waals surface area contributed by atoms with Crippen LogP contribution in [0.4, 0.5) is 5.69 Å². The number of nitro benzene ring substituents is 1. The van der Waals surface area contributed by atoms with E-state index < -0.39 is 28.9 Å². The molecule has 1 aromatic rings. The third-order valence-corrected chi connectivity index (χ3v) is 5.79. The van der Waals surface area contributed by atoms with E-state index in [2.05, 4.69) is 10.6 Å². The van der Waals surface area contributed by atoms with Crippen molar-refractivity contribution in [3.63, 3.8) is 0 Å². The second kappa shape index (κ2) is 11.8. The molecule has 2 amide bonds. The Morgan fingerprint density at radius 2 is 1.75 bits per heavy atom. The van der Waals surface area contributed by atoms with Crippen LogP contribution in [0.5, 0.6) is 0 Å². The van der Waals surface area contributed by atoms with Gasteiger partial charge in [0.15, 0.2) is 6.10 Å². The van der Waals surface area contributed by atoms with Gasteiger partial charge in [0, 0.05) is 18.2 Å². The van der Waals surface area contributed by atoms with E-state index in [0.29, 0.717) is 0 Å². The topological polar surface area (TPSA) is 128 Å². The molecule has 1 fully saturated rings. The summed E-state index contributed by atoms with van der Waals surface area (Å²) in [5, 5.41) is 16.2. The lowest BCUT2D eigenvalue weighted by Crippen LogP contribution is -2.48. The number of ether oxygens (including phenoxy) is 1. The molecule has 0 bridgehead atoms. The molecule has 1 saturated carbocycles. The fourth-order valence-corrected chi connectivity index (χ4v) is 3.82. The third-order valence-electron chi connectivity index (χ3n) is 5.48. The van der Waals surface area contributed by atoms with E-state index in [1.807, 2.05) is 0 Å². The number of halogens is 1. The fourth-order valence-electron chi connectivity index (χ4n) is 3.56. The zero-order chi connectivity index (χ0) is 23.8. The standard InChI is InChI=1S/C22H30ClN3O6/c1-13(2)19(25-21(28)17-11-10-16(26(30)31)12-18(17)23)22(29)32-14(3)20(27)24-15-8-6-4-5-7-9-15/h10-15,19H,4-9H2,1-3H3,(H,24,27)(H,25,28)/t14-,19+/m0/s1. The number of amides is 2. The van der Waals surface area contributed by atoms with Crippen LogP contribution in [-0.4, -0.2) is 40.9 Å². The number of hydrogen-bond donors (Lipinski definition) is 2. The van der Waals surface area contributed by atoms with Gasteiger partial charge in [0.25, 0.3) is 17.5 Å². The lowest BCUT2D eigenvalue weighted by atomic mass is 10.0. The Morgan fingerprint density at radius 3 is 2.28 bits per heavy atom. The molecule has 2 rings (SSSR count). The Hall–Kier alpha value is -2.68. The van der Waals surface area contributed by atoms with Gasteiger partial charge >= 0.3 is 5.97 Å². The number of carbonyl (C=O) groups excluding carboxylic acids is 3. The van der Waals surface area contributed by atoms with E-state index in [0.717, 1.165) is 50.7 Å². The number of carbonyl (C=O) groups is 3. The number of hydrogen-bond acceptors (Lipinski definition) is 6. The molecule has 10 heteroatoms. The van der Waals surface area contributed by atoms with Crippen molar-refractivity contribution in [3.8, 4) is 0 Å². The molecule has 0 unspecified atom stereocenters. The number of nitrogens with zero attached hydrogens (tertiary/aromatic N) is 1. The summed E-state index contributed by atoms with van der Waals surface area (Å²) in [6.45, 7) is 4.94. The molecule has 0 aromatic heterocycles. The van der Waals surface area contributed by atoms with Crippen molar-refractivity contribution in [1.82, 2.24) is 10.6 Å². The zero-order valence-electron chi connectivity index (χ0n) is 18.6. The van der Waals surface area contributed by atoms with E-state index in [1.54, 1.807) is 13.8 Å². The molecular weight excluding hydrogens is 438 g/mol. The van der Waals surface area contributed by atoms with E-state index in [4.69, 9.17) is 16.3 Å². The van der Waals surface area contributed by atoms with Crippen LogP contribution in [0.3, 0.4) is 0 Å². The van der Waals surface area contributed by atoms with Gasteiger partial charge in [0.1, 0.15) is 6.04 Å². The molecule has 0 radical (unpaired) electrons. The van der Waals surface area contributed by atoms with Crippen LogP contribution < -0.4 is 10.6 Å². The first-order chi connectivity index (χ1) is 15.1. The molecule has 0 saturated heterocycles. The molecule has 1 aliphatic rings. The maximum atomic E-state index is 12.7. The van der Waals surface area contributed by atoms with Crippen molar-refractivity contribution in [2.24, 2.45) is 5.92 Å². The minimum absolute atomic E-state index is 0.00475. The van der Waals surface area contributed by atoms with Gasteiger partial charge in [-0.1, -0.05) is 51.1 Å². The molecule has 32 heavy (non-hydrogen) atoms. The maximum Gasteiger partial charge on any atom is 0.329 e. The lowest BCUT2D eigenvalue weighted by molar-refractivity contribution is -0.384. The Balaban J connectivity index is 2.00. The summed E-state index contributed by atoms with van der Waals surface area (Å²) >= 11 is 6.01. The van der Waals surface area contributed by atoms with Gasteiger partial charge in [0.05, 0.1) is 15.5 Å². The molecule has 2 N–H and O–H groups in total. The summed E-state index contributed by atoms with van der Waals surface area (Å²) in [5.41, 5.74) is -0.255. The molecule has 176 valence electrons. The smallest absolute Gasteiger partial charge is 0.329 e. The predicted octanol–water partition coefficient (Wildman–Crippen LogP) is 3.77. The van der Waals surface area contributed by atoms with Gasteiger partial charge in [-0.25, -0.2) is 4.79 Å². The summed E-state index contributed by atoms with van der Waals surface area (Å²) in [6.07, 6.45) is 5.25. The minimum atomic E-state index is -1.03.